The predicted molar refractivity (Wildman–Crippen MR) is 69.3 cm³/mol. The van der Waals surface area contributed by atoms with E-state index < -0.39 is 0 Å². The Hall–Kier alpha value is -1.93. The molecule has 1 aliphatic rings. The molecule has 100 valence electrons. The van der Waals surface area contributed by atoms with Gasteiger partial charge in [-0.2, -0.15) is 5.26 Å². The summed E-state index contributed by atoms with van der Waals surface area (Å²) in [5, 5.41) is 18.5. The molecule has 1 N–H and O–H groups in total. The molecule has 19 heavy (non-hydrogen) atoms. The predicted octanol–water partition coefficient (Wildman–Crippen LogP) is 1.19. The number of carbonyl (C=O) groups excluding carboxylic acids is 1. The number of hydrogen-bond donors (Lipinski definition) is 1. The molecule has 1 amide bonds. The summed E-state index contributed by atoms with van der Waals surface area (Å²) in [7, 11) is 1.72. The minimum atomic E-state index is -0.302. The molecule has 0 spiro atoms. The molecule has 1 saturated carbocycles. The third kappa shape index (κ3) is 3.09. The first-order chi connectivity index (χ1) is 9.11. The van der Waals surface area contributed by atoms with Gasteiger partial charge in [0.1, 0.15) is 11.8 Å². The Labute approximate surface area is 112 Å². The number of aliphatic hydroxyl groups is 1. The van der Waals surface area contributed by atoms with Crippen LogP contribution in [0.25, 0.3) is 0 Å². The summed E-state index contributed by atoms with van der Waals surface area (Å²) in [6.45, 7) is 0.543. The van der Waals surface area contributed by atoms with Crippen molar-refractivity contribution in [3.63, 3.8) is 0 Å². The number of nitriles is 1. The molecular weight excluding hydrogens is 242 g/mol. The minimum Gasteiger partial charge on any atom is -0.393 e. The fourth-order valence-electron chi connectivity index (χ4n) is 2.45. The van der Waals surface area contributed by atoms with E-state index in [-0.39, 0.29) is 17.9 Å². The van der Waals surface area contributed by atoms with Crippen LogP contribution in [0.4, 0.5) is 0 Å². The number of carbonyl (C=O) groups is 1. The van der Waals surface area contributed by atoms with Gasteiger partial charge in [-0.25, -0.2) is 4.98 Å². The second kappa shape index (κ2) is 5.81. The molecule has 5 nitrogen and oxygen atoms in total. The number of rotatable bonds is 3. The van der Waals surface area contributed by atoms with Crippen LogP contribution in [0.15, 0.2) is 18.3 Å². The lowest BCUT2D eigenvalue weighted by Crippen LogP contribution is -2.34. The molecule has 0 saturated heterocycles. The Morgan fingerprint density at radius 2 is 2.37 bits per heavy atom. The second-order valence-electron chi connectivity index (χ2n) is 4.99. The molecule has 1 aromatic heterocycles. The van der Waals surface area contributed by atoms with Gasteiger partial charge in [0.05, 0.1) is 11.7 Å². The molecule has 1 aromatic rings. The molecule has 0 bridgehead atoms. The Morgan fingerprint density at radius 3 is 2.89 bits per heavy atom. The fourth-order valence-corrected chi connectivity index (χ4v) is 2.45. The zero-order chi connectivity index (χ0) is 13.8. The van der Waals surface area contributed by atoms with E-state index in [4.69, 9.17) is 5.26 Å². The average molecular weight is 259 g/mol. The Kier molecular flexibility index (Phi) is 4.13. The van der Waals surface area contributed by atoms with Crippen molar-refractivity contribution in [2.45, 2.75) is 25.4 Å². The van der Waals surface area contributed by atoms with E-state index in [2.05, 4.69) is 4.98 Å². The Morgan fingerprint density at radius 1 is 1.58 bits per heavy atom. The van der Waals surface area contributed by atoms with E-state index >= 15 is 0 Å². The minimum absolute atomic E-state index is 0.160. The average Bonchev–Trinajstić information content (AvgIpc) is 2.83. The lowest BCUT2D eigenvalue weighted by molar-refractivity contribution is 0.0688. The van der Waals surface area contributed by atoms with Gasteiger partial charge in [0.15, 0.2) is 0 Å². The third-order valence-electron chi connectivity index (χ3n) is 3.59. The van der Waals surface area contributed by atoms with Gasteiger partial charge in [0.25, 0.3) is 5.91 Å². The third-order valence-corrected chi connectivity index (χ3v) is 3.59. The highest BCUT2D eigenvalue weighted by Crippen LogP contribution is 2.26. The number of pyridine rings is 1. The van der Waals surface area contributed by atoms with E-state index in [0.717, 1.165) is 19.3 Å². The van der Waals surface area contributed by atoms with Crippen molar-refractivity contribution < 1.29 is 9.90 Å². The number of hydrogen-bond acceptors (Lipinski definition) is 4. The zero-order valence-corrected chi connectivity index (χ0v) is 10.9. The second-order valence-corrected chi connectivity index (χ2v) is 4.99. The summed E-state index contributed by atoms with van der Waals surface area (Å²) in [5.41, 5.74) is 0.763. The summed E-state index contributed by atoms with van der Waals surface area (Å²) >= 11 is 0. The first-order valence-electron chi connectivity index (χ1n) is 6.41. The summed E-state index contributed by atoms with van der Waals surface area (Å²) in [5.74, 6) is -0.0177. The van der Waals surface area contributed by atoms with Crippen LogP contribution in [-0.4, -0.2) is 40.6 Å². The largest absolute Gasteiger partial charge is 0.393 e. The van der Waals surface area contributed by atoms with Crippen LogP contribution in [0, 0.1) is 17.2 Å². The summed E-state index contributed by atoms with van der Waals surface area (Å²) < 4.78 is 0. The first-order valence-corrected chi connectivity index (χ1v) is 6.41. The van der Waals surface area contributed by atoms with Crippen LogP contribution >= 0.6 is 0 Å². The van der Waals surface area contributed by atoms with E-state index in [1.165, 1.54) is 6.20 Å². The fraction of sp³-hybridized carbons (Fsp3) is 0.500. The molecule has 0 aromatic carbocycles. The Bertz CT molecular complexity index is 492. The van der Waals surface area contributed by atoms with Crippen molar-refractivity contribution in [2.24, 2.45) is 5.92 Å². The quantitative estimate of drug-likeness (QED) is 0.884. The van der Waals surface area contributed by atoms with Crippen LogP contribution in [0.3, 0.4) is 0 Å². The highest BCUT2D eigenvalue weighted by atomic mass is 16.3. The van der Waals surface area contributed by atoms with E-state index in [1.807, 2.05) is 6.07 Å². The highest BCUT2D eigenvalue weighted by molar-refractivity contribution is 5.92. The first kappa shape index (κ1) is 13.5. The number of aliphatic hydroxyl groups excluding tert-OH is 1. The van der Waals surface area contributed by atoms with Crippen LogP contribution in [0.5, 0.6) is 0 Å². The molecule has 0 aliphatic heterocycles. The smallest absolute Gasteiger partial charge is 0.272 e. The molecule has 1 heterocycles. The SMILES string of the molecule is CN(CC1CCCC1O)C(=O)c1ccc(C#N)cn1. The lowest BCUT2D eigenvalue weighted by Gasteiger charge is -2.22. The number of nitrogens with zero attached hydrogens (tertiary/aromatic N) is 3. The maximum absolute atomic E-state index is 12.1. The van der Waals surface area contributed by atoms with E-state index in [1.54, 1.807) is 24.1 Å². The lowest BCUT2D eigenvalue weighted by atomic mass is 10.1. The highest BCUT2D eigenvalue weighted by Gasteiger charge is 2.27. The van der Waals surface area contributed by atoms with Crippen molar-refractivity contribution in [3.05, 3.63) is 29.6 Å². The van der Waals surface area contributed by atoms with E-state index in [0.29, 0.717) is 17.8 Å². The van der Waals surface area contributed by atoms with Crippen molar-refractivity contribution in [1.29, 1.82) is 5.26 Å². The topological polar surface area (TPSA) is 77.2 Å². The molecule has 2 atom stereocenters. The molecule has 1 fully saturated rings. The molecule has 0 radical (unpaired) electrons. The monoisotopic (exact) mass is 259 g/mol. The van der Waals surface area contributed by atoms with Gasteiger partial charge in [-0.05, 0) is 25.0 Å². The normalized spacial score (nSPS) is 21.9. The van der Waals surface area contributed by atoms with Crippen molar-refractivity contribution >= 4 is 5.91 Å². The van der Waals surface area contributed by atoms with Gasteiger partial charge < -0.3 is 10.0 Å². The summed E-state index contributed by atoms with van der Waals surface area (Å²) in [4.78, 5) is 17.7. The van der Waals surface area contributed by atoms with Gasteiger partial charge in [0.2, 0.25) is 0 Å². The van der Waals surface area contributed by atoms with Gasteiger partial charge >= 0.3 is 0 Å². The number of amides is 1. The molecule has 2 rings (SSSR count). The van der Waals surface area contributed by atoms with Crippen LogP contribution in [-0.2, 0) is 0 Å². The maximum atomic E-state index is 12.1. The van der Waals surface area contributed by atoms with E-state index in [9.17, 15) is 9.90 Å². The Balaban J connectivity index is 2.00. The van der Waals surface area contributed by atoms with Crippen LogP contribution in [0.2, 0.25) is 0 Å². The molecular formula is C14H17N3O2. The summed E-state index contributed by atoms with van der Waals surface area (Å²) in [6.07, 6.45) is 3.89. The van der Waals surface area contributed by atoms with Crippen molar-refractivity contribution in [1.82, 2.24) is 9.88 Å². The molecule has 1 aliphatic carbocycles. The molecule has 2 unspecified atom stereocenters. The van der Waals surface area contributed by atoms with Crippen LogP contribution < -0.4 is 0 Å². The van der Waals surface area contributed by atoms with Gasteiger partial charge in [-0.1, -0.05) is 6.42 Å². The zero-order valence-electron chi connectivity index (χ0n) is 10.9. The standard InChI is InChI=1S/C14H17N3O2/c1-17(9-11-3-2-4-13(11)18)14(19)12-6-5-10(7-15)8-16-12/h5-6,8,11,13,18H,2-4,9H2,1H3. The van der Waals surface area contributed by atoms with Crippen molar-refractivity contribution in [3.8, 4) is 6.07 Å². The summed E-state index contributed by atoms with van der Waals surface area (Å²) in [6, 6.07) is 5.11. The number of aromatic nitrogens is 1. The van der Waals surface area contributed by atoms with Crippen LogP contribution in [0.1, 0.15) is 35.3 Å². The van der Waals surface area contributed by atoms with Crippen molar-refractivity contribution in [2.75, 3.05) is 13.6 Å². The van der Waals surface area contributed by atoms with Gasteiger partial charge in [0, 0.05) is 25.7 Å². The molecule has 5 heteroatoms. The van der Waals surface area contributed by atoms with Gasteiger partial charge in [-0.15, -0.1) is 0 Å². The van der Waals surface area contributed by atoms with Gasteiger partial charge in [-0.3, -0.25) is 4.79 Å². The maximum Gasteiger partial charge on any atom is 0.272 e.